The van der Waals surface area contributed by atoms with Gasteiger partial charge >= 0.3 is 0 Å². The minimum Gasteiger partial charge on any atom is -0.342 e. The fourth-order valence-corrected chi connectivity index (χ4v) is 2.30. The summed E-state index contributed by atoms with van der Waals surface area (Å²) < 4.78 is 1.08. The standard InChI is InChI=1S/C14H18BrN3/c1-2-3-11(8-16)14-17-9-13(18-14)10-4-6-12(15)7-5-10/h4-7,9,11H,2-3,8,16H2,1H3,(H,17,18). The van der Waals surface area contributed by atoms with E-state index in [4.69, 9.17) is 5.73 Å². The van der Waals surface area contributed by atoms with E-state index in [1.807, 2.05) is 18.3 Å². The summed E-state index contributed by atoms with van der Waals surface area (Å²) in [7, 11) is 0. The van der Waals surface area contributed by atoms with Gasteiger partial charge in [-0.2, -0.15) is 0 Å². The molecule has 0 amide bonds. The number of hydrogen-bond donors (Lipinski definition) is 2. The number of nitrogens with two attached hydrogens (primary N) is 1. The lowest BCUT2D eigenvalue weighted by molar-refractivity contribution is 0.595. The van der Waals surface area contributed by atoms with Crippen LogP contribution in [0, 0.1) is 0 Å². The normalized spacial score (nSPS) is 12.6. The lowest BCUT2D eigenvalue weighted by Gasteiger charge is -2.09. The summed E-state index contributed by atoms with van der Waals surface area (Å²) in [5, 5.41) is 0. The highest BCUT2D eigenvalue weighted by atomic mass is 79.9. The van der Waals surface area contributed by atoms with Crippen molar-refractivity contribution >= 4 is 15.9 Å². The lowest BCUT2D eigenvalue weighted by atomic mass is 10.0. The van der Waals surface area contributed by atoms with E-state index in [2.05, 4.69) is 45.0 Å². The van der Waals surface area contributed by atoms with Gasteiger partial charge in [0.2, 0.25) is 0 Å². The van der Waals surface area contributed by atoms with Crippen molar-refractivity contribution < 1.29 is 0 Å². The molecular formula is C14H18BrN3. The first-order valence-corrected chi connectivity index (χ1v) is 7.04. The van der Waals surface area contributed by atoms with Crippen molar-refractivity contribution in [2.45, 2.75) is 25.7 Å². The molecule has 0 aliphatic carbocycles. The van der Waals surface area contributed by atoms with Crippen LogP contribution >= 0.6 is 15.9 Å². The van der Waals surface area contributed by atoms with Crippen LogP contribution in [0.3, 0.4) is 0 Å². The van der Waals surface area contributed by atoms with Gasteiger partial charge in [0.15, 0.2) is 0 Å². The summed E-state index contributed by atoms with van der Waals surface area (Å²) in [6, 6.07) is 8.20. The first kappa shape index (κ1) is 13.3. The lowest BCUT2D eigenvalue weighted by Crippen LogP contribution is -2.13. The summed E-state index contributed by atoms with van der Waals surface area (Å²) in [4.78, 5) is 7.84. The average molecular weight is 308 g/mol. The van der Waals surface area contributed by atoms with Crippen molar-refractivity contribution in [3.63, 3.8) is 0 Å². The van der Waals surface area contributed by atoms with E-state index < -0.39 is 0 Å². The van der Waals surface area contributed by atoms with Gasteiger partial charge in [-0.15, -0.1) is 0 Å². The number of H-pyrrole nitrogens is 1. The molecule has 0 spiro atoms. The topological polar surface area (TPSA) is 54.7 Å². The highest BCUT2D eigenvalue weighted by Gasteiger charge is 2.12. The van der Waals surface area contributed by atoms with Crippen molar-refractivity contribution in [2.24, 2.45) is 5.73 Å². The molecule has 96 valence electrons. The summed E-state index contributed by atoms with van der Waals surface area (Å²) in [5.74, 6) is 1.33. The number of nitrogens with one attached hydrogen (secondary N) is 1. The monoisotopic (exact) mass is 307 g/mol. The number of benzene rings is 1. The highest BCUT2D eigenvalue weighted by molar-refractivity contribution is 9.10. The van der Waals surface area contributed by atoms with Crippen molar-refractivity contribution in [2.75, 3.05) is 6.54 Å². The maximum Gasteiger partial charge on any atom is 0.110 e. The van der Waals surface area contributed by atoms with E-state index >= 15 is 0 Å². The average Bonchev–Trinajstić information content (AvgIpc) is 2.86. The van der Waals surface area contributed by atoms with E-state index in [1.165, 1.54) is 0 Å². The zero-order valence-electron chi connectivity index (χ0n) is 10.5. The van der Waals surface area contributed by atoms with E-state index in [9.17, 15) is 0 Å². The van der Waals surface area contributed by atoms with Crippen LogP contribution in [0.1, 0.15) is 31.5 Å². The zero-order chi connectivity index (χ0) is 13.0. The quantitative estimate of drug-likeness (QED) is 0.885. The second-order valence-corrected chi connectivity index (χ2v) is 5.33. The summed E-state index contributed by atoms with van der Waals surface area (Å²) in [6.45, 7) is 2.81. The molecule has 0 bridgehead atoms. The molecule has 0 aliphatic rings. The molecule has 0 saturated heterocycles. The van der Waals surface area contributed by atoms with Crippen LogP contribution in [0.2, 0.25) is 0 Å². The maximum absolute atomic E-state index is 5.79. The van der Waals surface area contributed by atoms with Crippen LogP contribution in [0.15, 0.2) is 34.9 Å². The molecule has 0 fully saturated rings. The molecule has 3 N–H and O–H groups in total. The molecule has 4 heteroatoms. The van der Waals surface area contributed by atoms with Crippen molar-refractivity contribution in [1.29, 1.82) is 0 Å². The number of halogens is 1. The number of nitrogens with zero attached hydrogens (tertiary/aromatic N) is 1. The van der Waals surface area contributed by atoms with Gasteiger partial charge in [-0.1, -0.05) is 41.4 Å². The van der Waals surface area contributed by atoms with Crippen LogP contribution in [0.5, 0.6) is 0 Å². The molecule has 0 saturated carbocycles. The largest absolute Gasteiger partial charge is 0.342 e. The van der Waals surface area contributed by atoms with Crippen LogP contribution in [-0.4, -0.2) is 16.5 Å². The van der Waals surface area contributed by atoms with Crippen LogP contribution in [0.4, 0.5) is 0 Å². The Bertz CT molecular complexity index is 490. The molecule has 3 nitrogen and oxygen atoms in total. The SMILES string of the molecule is CCCC(CN)c1ncc(-c2ccc(Br)cc2)[nH]1. The summed E-state index contributed by atoms with van der Waals surface area (Å²) in [6.07, 6.45) is 4.08. The number of aromatic amines is 1. The summed E-state index contributed by atoms with van der Waals surface area (Å²) >= 11 is 3.44. The fraction of sp³-hybridized carbons (Fsp3) is 0.357. The Kier molecular flexibility index (Phi) is 4.55. The van der Waals surface area contributed by atoms with Gasteiger partial charge in [0, 0.05) is 16.9 Å². The third kappa shape index (κ3) is 3.00. The second-order valence-electron chi connectivity index (χ2n) is 4.41. The molecule has 2 rings (SSSR count). The molecule has 0 aliphatic heterocycles. The van der Waals surface area contributed by atoms with E-state index in [0.717, 1.165) is 34.4 Å². The van der Waals surface area contributed by atoms with Crippen LogP contribution in [0.25, 0.3) is 11.3 Å². The molecule has 1 aromatic carbocycles. The molecule has 1 heterocycles. The molecule has 18 heavy (non-hydrogen) atoms. The third-order valence-corrected chi connectivity index (χ3v) is 3.59. The first-order chi connectivity index (χ1) is 8.74. The van der Waals surface area contributed by atoms with Crippen molar-refractivity contribution in [3.05, 3.63) is 40.8 Å². The van der Waals surface area contributed by atoms with Crippen LogP contribution < -0.4 is 5.73 Å². The van der Waals surface area contributed by atoms with Gasteiger partial charge in [-0.05, 0) is 24.1 Å². The fourth-order valence-electron chi connectivity index (χ4n) is 2.03. The van der Waals surface area contributed by atoms with Crippen molar-refractivity contribution in [1.82, 2.24) is 9.97 Å². The Morgan fingerprint density at radius 3 is 2.67 bits per heavy atom. The molecule has 1 aromatic heterocycles. The minimum atomic E-state index is 0.333. The Hall–Kier alpha value is -1.13. The second kappa shape index (κ2) is 6.16. The van der Waals surface area contributed by atoms with E-state index in [0.29, 0.717) is 12.5 Å². The first-order valence-electron chi connectivity index (χ1n) is 6.25. The Balaban J connectivity index is 2.21. The van der Waals surface area contributed by atoms with E-state index in [1.54, 1.807) is 0 Å². The van der Waals surface area contributed by atoms with Gasteiger partial charge in [0.1, 0.15) is 5.82 Å². The Labute approximate surface area is 116 Å². The summed E-state index contributed by atoms with van der Waals surface area (Å²) in [5.41, 5.74) is 7.98. The van der Waals surface area contributed by atoms with Gasteiger partial charge in [0.05, 0.1) is 11.9 Å². The maximum atomic E-state index is 5.79. The number of aromatic nitrogens is 2. The van der Waals surface area contributed by atoms with Crippen LogP contribution in [-0.2, 0) is 0 Å². The molecule has 2 aromatic rings. The van der Waals surface area contributed by atoms with Gasteiger partial charge in [-0.3, -0.25) is 0 Å². The predicted octanol–water partition coefficient (Wildman–Crippen LogP) is 3.68. The smallest absolute Gasteiger partial charge is 0.110 e. The molecule has 1 unspecified atom stereocenters. The molecule has 0 radical (unpaired) electrons. The highest BCUT2D eigenvalue weighted by Crippen LogP contribution is 2.23. The molecular weight excluding hydrogens is 290 g/mol. The zero-order valence-corrected chi connectivity index (χ0v) is 12.1. The predicted molar refractivity (Wildman–Crippen MR) is 78.4 cm³/mol. The van der Waals surface area contributed by atoms with Gasteiger partial charge in [-0.25, -0.2) is 4.98 Å². The Morgan fingerprint density at radius 1 is 1.33 bits per heavy atom. The number of rotatable bonds is 5. The van der Waals surface area contributed by atoms with Crippen molar-refractivity contribution in [3.8, 4) is 11.3 Å². The van der Waals surface area contributed by atoms with Gasteiger partial charge < -0.3 is 10.7 Å². The number of imidazole rings is 1. The third-order valence-electron chi connectivity index (χ3n) is 3.06. The molecule has 1 atom stereocenters. The Morgan fingerprint density at radius 2 is 2.06 bits per heavy atom. The number of hydrogen-bond acceptors (Lipinski definition) is 2. The minimum absolute atomic E-state index is 0.333. The van der Waals surface area contributed by atoms with Gasteiger partial charge in [0.25, 0.3) is 0 Å². The van der Waals surface area contributed by atoms with E-state index in [-0.39, 0.29) is 0 Å².